The first-order valence-corrected chi connectivity index (χ1v) is 8.46. The SMILES string of the molecule is C.O=c1[nH]c(-c2ccnc(F)c2)nc(N2CCN[C@H](C3(O)CC3)C2)c1Cl. The highest BCUT2D eigenvalue weighted by molar-refractivity contribution is 6.32. The minimum Gasteiger partial charge on any atom is -0.388 e. The molecule has 7 nitrogen and oxygen atoms in total. The van der Waals surface area contributed by atoms with E-state index in [1.165, 1.54) is 12.3 Å². The highest BCUT2D eigenvalue weighted by Crippen LogP contribution is 2.40. The Kier molecular flexibility index (Phi) is 5.01. The van der Waals surface area contributed by atoms with E-state index in [-0.39, 0.29) is 24.3 Å². The molecule has 1 aliphatic heterocycles. The number of aliphatic hydroxyl groups is 1. The van der Waals surface area contributed by atoms with E-state index < -0.39 is 17.1 Å². The Labute approximate surface area is 155 Å². The molecule has 1 aliphatic carbocycles. The number of aromatic amines is 1. The lowest BCUT2D eigenvalue weighted by Crippen LogP contribution is -2.57. The summed E-state index contributed by atoms with van der Waals surface area (Å²) in [7, 11) is 0. The van der Waals surface area contributed by atoms with Crippen molar-refractivity contribution in [2.45, 2.75) is 31.9 Å². The summed E-state index contributed by atoms with van der Waals surface area (Å²) in [6.07, 6.45) is 2.83. The van der Waals surface area contributed by atoms with Crippen LogP contribution < -0.4 is 15.8 Å². The Morgan fingerprint density at radius 1 is 1.42 bits per heavy atom. The van der Waals surface area contributed by atoms with E-state index in [1.54, 1.807) is 6.07 Å². The molecule has 3 heterocycles. The van der Waals surface area contributed by atoms with Crippen molar-refractivity contribution in [3.63, 3.8) is 0 Å². The van der Waals surface area contributed by atoms with Gasteiger partial charge in [0.1, 0.15) is 10.8 Å². The Morgan fingerprint density at radius 2 is 2.19 bits per heavy atom. The number of rotatable bonds is 3. The normalized spacial score (nSPS) is 21.2. The predicted molar refractivity (Wildman–Crippen MR) is 98.0 cm³/mol. The third-order valence-corrected chi connectivity index (χ3v) is 5.07. The van der Waals surface area contributed by atoms with Crippen molar-refractivity contribution in [2.75, 3.05) is 24.5 Å². The topological polar surface area (TPSA) is 94.1 Å². The maximum Gasteiger partial charge on any atom is 0.272 e. The van der Waals surface area contributed by atoms with Crippen molar-refractivity contribution in [1.82, 2.24) is 20.3 Å². The molecule has 4 rings (SSSR count). The fraction of sp³-hybridized carbons (Fsp3) is 0.471. The number of H-pyrrole nitrogens is 1. The second-order valence-electron chi connectivity index (χ2n) is 6.48. The average molecular weight is 382 g/mol. The van der Waals surface area contributed by atoms with E-state index in [9.17, 15) is 14.3 Å². The van der Waals surface area contributed by atoms with Gasteiger partial charge in [-0.15, -0.1) is 0 Å². The van der Waals surface area contributed by atoms with Crippen LogP contribution in [0.4, 0.5) is 10.2 Å². The van der Waals surface area contributed by atoms with Crippen LogP contribution in [0.25, 0.3) is 11.4 Å². The Bertz CT molecular complexity index is 870. The number of aromatic nitrogens is 3. The third-order valence-electron chi connectivity index (χ3n) is 4.73. The van der Waals surface area contributed by atoms with Crippen molar-refractivity contribution >= 4 is 17.4 Å². The van der Waals surface area contributed by atoms with E-state index in [0.717, 1.165) is 12.8 Å². The molecular weight excluding hydrogens is 361 g/mol. The number of anilines is 1. The Morgan fingerprint density at radius 3 is 2.88 bits per heavy atom. The molecular formula is C17H21ClFN5O2. The van der Waals surface area contributed by atoms with Crippen molar-refractivity contribution in [3.05, 3.63) is 39.7 Å². The molecule has 2 fully saturated rings. The first-order valence-electron chi connectivity index (χ1n) is 8.09. The van der Waals surface area contributed by atoms with Gasteiger partial charge < -0.3 is 20.3 Å². The highest BCUT2D eigenvalue weighted by atomic mass is 35.5. The summed E-state index contributed by atoms with van der Waals surface area (Å²) in [6.45, 7) is 1.75. The van der Waals surface area contributed by atoms with Crippen molar-refractivity contribution in [2.24, 2.45) is 0 Å². The average Bonchev–Trinajstić information content (AvgIpc) is 3.36. The molecule has 0 unspecified atom stereocenters. The van der Waals surface area contributed by atoms with Gasteiger partial charge in [-0.2, -0.15) is 4.39 Å². The maximum absolute atomic E-state index is 13.4. The van der Waals surface area contributed by atoms with Crippen molar-refractivity contribution < 1.29 is 9.50 Å². The standard InChI is InChI=1S/C16H17ClFN5O2.CH4/c17-12-14(23-6-5-19-10(8-23)16(25)2-3-16)21-13(22-15(12)24)9-1-4-20-11(18)7-9;/h1,4,7,10,19,25H,2-3,5-6,8H2,(H,21,22,24);1H4/t10-;/m0./s1. The van der Waals surface area contributed by atoms with Crippen LogP contribution in [-0.4, -0.2) is 51.3 Å². The zero-order valence-corrected chi connectivity index (χ0v) is 14.1. The summed E-state index contributed by atoms with van der Waals surface area (Å²) in [5, 5.41) is 13.6. The van der Waals surface area contributed by atoms with Gasteiger partial charge in [-0.25, -0.2) is 9.97 Å². The van der Waals surface area contributed by atoms with Crippen LogP contribution in [0.2, 0.25) is 5.02 Å². The van der Waals surface area contributed by atoms with Gasteiger partial charge >= 0.3 is 0 Å². The van der Waals surface area contributed by atoms with Gasteiger partial charge in [0.15, 0.2) is 5.82 Å². The van der Waals surface area contributed by atoms with Gasteiger partial charge in [0.2, 0.25) is 5.95 Å². The van der Waals surface area contributed by atoms with Gasteiger partial charge in [-0.3, -0.25) is 4.79 Å². The molecule has 9 heteroatoms. The molecule has 0 bridgehead atoms. The number of hydrogen-bond donors (Lipinski definition) is 3. The van der Waals surface area contributed by atoms with Crippen LogP contribution in [0.15, 0.2) is 23.1 Å². The van der Waals surface area contributed by atoms with E-state index in [0.29, 0.717) is 31.0 Å². The molecule has 2 aromatic rings. The van der Waals surface area contributed by atoms with Gasteiger partial charge in [0, 0.05) is 37.5 Å². The van der Waals surface area contributed by atoms with Crippen LogP contribution in [0.5, 0.6) is 0 Å². The van der Waals surface area contributed by atoms with Gasteiger partial charge in [0.25, 0.3) is 5.56 Å². The summed E-state index contributed by atoms with van der Waals surface area (Å²) in [4.78, 5) is 24.6. The Hall–Kier alpha value is -2.03. The largest absolute Gasteiger partial charge is 0.388 e. The van der Waals surface area contributed by atoms with Crippen molar-refractivity contribution in [1.29, 1.82) is 0 Å². The van der Waals surface area contributed by atoms with Crippen LogP contribution in [0, 0.1) is 5.95 Å². The quantitative estimate of drug-likeness (QED) is 0.699. The molecule has 0 spiro atoms. The van der Waals surface area contributed by atoms with Crippen LogP contribution >= 0.6 is 11.6 Å². The fourth-order valence-corrected chi connectivity index (χ4v) is 3.33. The summed E-state index contributed by atoms with van der Waals surface area (Å²) < 4.78 is 13.4. The first kappa shape index (κ1) is 18.8. The highest BCUT2D eigenvalue weighted by Gasteiger charge is 2.49. The zero-order valence-electron chi connectivity index (χ0n) is 13.3. The van der Waals surface area contributed by atoms with E-state index in [1.807, 2.05) is 4.90 Å². The number of halogens is 2. The molecule has 1 saturated carbocycles. The van der Waals surface area contributed by atoms with Crippen LogP contribution in [0.1, 0.15) is 20.3 Å². The second kappa shape index (κ2) is 6.94. The molecule has 2 aromatic heterocycles. The number of hydrogen-bond acceptors (Lipinski definition) is 6. The molecule has 0 radical (unpaired) electrons. The smallest absolute Gasteiger partial charge is 0.272 e. The summed E-state index contributed by atoms with van der Waals surface area (Å²) in [5.74, 6) is -0.0888. The first-order chi connectivity index (χ1) is 12.0. The molecule has 26 heavy (non-hydrogen) atoms. The van der Waals surface area contributed by atoms with E-state index >= 15 is 0 Å². The van der Waals surface area contributed by atoms with E-state index in [2.05, 4.69) is 20.3 Å². The number of nitrogens with zero attached hydrogens (tertiary/aromatic N) is 3. The summed E-state index contributed by atoms with van der Waals surface area (Å²) in [6, 6.07) is 2.66. The minimum atomic E-state index is -0.691. The maximum atomic E-state index is 13.4. The number of pyridine rings is 1. The van der Waals surface area contributed by atoms with Crippen LogP contribution in [0.3, 0.4) is 0 Å². The lowest BCUT2D eigenvalue weighted by molar-refractivity contribution is 0.0995. The molecule has 3 N–H and O–H groups in total. The van der Waals surface area contributed by atoms with Gasteiger partial charge in [-0.1, -0.05) is 19.0 Å². The molecule has 0 amide bonds. The lowest BCUT2D eigenvalue weighted by atomic mass is 10.1. The molecule has 0 aromatic carbocycles. The molecule has 2 aliphatic rings. The number of piperazine rings is 1. The van der Waals surface area contributed by atoms with Gasteiger partial charge in [0.05, 0.1) is 11.6 Å². The molecule has 140 valence electrons. The lowest BCUT2D eigenvalue weighted by Gasteiger charge is -2.37. The van der Waals surface area contributed by atoms with E-state index in [4.69, 9.17) is 11.6 Å². The predicted octanol–water partition coefficient (Wildman–Crippen LogP) is 1.56. The fourth-order valence-electron chi connectivity index (χ4n) is 3.12. The van der Waals surface area contributed by atoms with Gasteiger partial charge in [-0.05, 0) is 18.9 Å². The molecule has 1 saturated heterocycles. The minimum absolute atomic E-state index is 0. The summed E-state index contributed by atoms with van der Waals surface area (Å²) >= 11 is 6.18. The third kappa shape index (κ3) is 3.44. The summed E-state index contributed by atoms with van der Waals surface area (Å²) in [5.41, 5.74) is -0.766. The molecule has 1 atom stereocenters. The van der Waals surface area contributed by atoms with Crippen LogP contribution in [-0.2, 0) is 0 Å². The number of nitrogens with one attached hydrogen (secondary N) is 2. The zero-order chi connectivity index (χ0) is 17.6. The second-order valence-corrected chi connectivity index (χ2v) is 6.85. The monoisotopic (exact) mass is 381 g/mol. The Balaban J connectivity index is 0.00000196. The van der Waals surface area contributed by atoms with Crippen molar-refractivity contribution in [3.8, 4) is 11.4 Å².